The Kier molecular flexibility index (Phi) is 8.26. The lowest BCUT2D eigenvalue weighted by molar-refractivity contribution is -0.113. The van der Waals surface area contributed by atoms with E-state index in [0.717, 1.165) is 22.4 Å². The minimum Gasteiger partial charge on any atom is -0.508 e. The van der Waals surface area contributed by atoms with Gasteiger partial charge in [0.2, 0.25) is 0 Å². The Morgan fingerprint density at radius 2 is 1.82 bits per heavy atom. The van der Waals surface area contributed by atoms with Crippen LogP contribution in [0.2, 0.25) is 0 Å². The van der Waals surface area contributed by atoms with E-state index in [1.807, 2.05) is 30.3 Å². The number of phenols is 1. The molecule has 2 aromatic rings. The molecule has 5 N–H and O–H groups in total. The minimum atomic E-state index is -0.481. The molecule has 1 aliphatic rings. The SMILES string of the molecule is CN.COc1ccc(C2CC(O)CC(CO)O2)cc1C(C)c1ccc(O)cc1. The van der Waals surface area contributed by atoms with Crippen LogP contribution in [-0.4, -0.2) is 48.3 Å². The predicted octanol–water partition coefficient (Wildman–Crippen LogP) is 2.70. The minimum absolute atomic E-state index is 0.0626. The van der Waals surface area contributed by atoms with Crippen molar-refractivity contribution in [1.29, 1.82) is 0 Å². The first-order valence-electron chi connectivity index (χ1n) is 9.50. The summed E-state index contributed by atoms with van der Waals surface area (Å²) in [5.41, 5.74) is 7.54. The Morgan fingerprint density at radius 1 is 1.14 bits per heavy atom. The van der Waals surface area contributed by atoms with Crippen LogP contribution in [0, 0.1) is 0 Å². The quantitative estimate of drug-likeness (QED) is 0.627. The number of nitrogens with two attached hydrogens (primary N) is 1. The molecule has 4 atom stereocenters. The van der Waals surface area contributed by atoms with Crippen LogP contribution < -0.4 is 10.5 Å². The van der Waals surface area contributed by atoms with Gasteiger partial charge in [-0.2, -0.15) is 0 Å². The molecule has 0 bridgehead atoms. The number of aliphatic hydroxyl groups excluding tert-OH is 2. The largest absolute Gasteiger partial charge is 0.508 e. The van der Waals surface area contributed by atoms with Gasteiger partial charge in [0.1, 0.15) is 11.5 Å². The van der Waals surface area contributed by atoms with Crippen LogP contribution in [-0.2, 0) is 4.74 Å². The van der Waals surface area contributed by atoms with Crippen molar-refractivity contribution >= 4 is 0 Å². The van der Waals surface area contributed by atoms with Gasteiger partial charge in [-0.05, 0) is 42.4 Å². The molecule has 0 aliphatic carbocycles. The number of methoxy groups -OCH3 is 1. The van der Waals surface area contributed by atoms with Gasteiger partial charge in [-0.3, -0.25) is 0 Å². The molecule has 1 saturated heterocycles. The Labute approximate surface area is 166 Å². The van der Waals surface area contributed by atoms with Crippen LogP contribution in [0.15, 0.2) is 42.5 Å². The van der Waals surface area contributed by atoms with E-state index < -0.39 is 6.10 Å². The molecule has 2 aromatic carbocycles. The van der Waals surface area contributed by atoms with Gasteiger partial charge < -0.3 is 30.5 Å². The Balaban J connectivity index is 0.00000136. The van der Waals surface area contributed by atoms with E-state index in [4.69, 9.17) is 9.47 Å². The number of rotatable bonds is 5. The summed E-state index contributed by atoms with van der Waals surface area (Å²) in [4.78, 5) is 0. The van der Waals surface area contributed by atoms with E-state index in [9.17, 15) is 15.3 Å². The van der Waals surface area contributed by atoms with Gasteiger partial charge in [-0.1, -0.05) is 25.1 Å². The number of hydrogen-bond donors (Lipinski definition) is 4. The monoisotopic (exact) mass is 389 g/mol. The van der Waals surface area contributed by atoms with Crippen LogP contribution >= 0.6 is 0 Å². The molecule has 0 radical (unpaired) electrons. The molecule has 6 nitrogen and oxygen atoms in total. The average molecular weight is 389 g/mol. The number of benzene rings is 2. The van der Waals surface area contributed by atoms with Crippen LogP contribution in [0.3, 0.4) is 0 Å². The van der Waals surface area contributed by atoms with Gasteiger partial charge in [-0.15, -0.1) is 0 Å². The van der Waals surface area contributed by atoms with E-state index in [2.05, 4.69) is 12.7 Å². The van der Waals surface area contributed by atoms with Gasteiger partial charge in [0.15, 0.2) is 0 Å². The highest BCUT2D eigenvalue weighted by molar-refractivity contribution is 5.45. The third kappa shape index (κ3) is 5.23. The van der Waals surface area contributed by atoms with Crippen LogP contribution in [0.5, 0.6) is 11.5 Å². The highest BCUT2D eigenvalue weighted by atomic mass is 16.5. The molecule has 6 heteroatoms. The molecule has 1 aliphatic heterocycles. The number of phenolic OH excluding ortho intramolecular Hbond substituents is 1. The van der Waals surface area contributed by atoms with Crippen molar-refractivity contribution in [3.63, 3.8) is 0 Å². The summed E-state index contributed by atoms with van der Waals surface area (Å²) in [6.07, 6.45) is -0.113. The third-order valence-electron chi connectivity index (χ3n) is 5.07. The first-order valence-corrected chi connectivity index (χ1v) is 9.50. The van der Waals surface area contributed by atoms with Crippen LogP contribution in [0.25, 0.3) is 0 Å². The van der Waals surface area contributed by atoms with Crippen molar-refractivity contribution in [3.8, 4) is 11.5 Å². The molecule has 4 unspecified atom stereocenters. The molecule has 0 aromatic heterocycles. The molecule has 28 heavy (non-hydrogen) atoms. The summed E-state index contributed by atoms with van der Waals surface area (Å²) in [7, 11) is 3.14. The highest BCUT2D eigenvalue weighted by Gasteiger charge is 2.29. The normalized spacial score (nSPS) is 22.7. The lowest BCUT2D eigenvalue weighted by Gasteiger charge is -2.33. The molecule has 0 spiro atoms. The second kappa shape index (κ2) is 10.4. The fraction of sp³-hybridized carbons (Fsp3) is 0.455. The molecular weight excluding hydrogens is 358 g/mol. The smallest absolute Gasteiger partial charge is 0.122 e. The second-order valence-electron chi connectivity index (χ2n) is 6.87. The summed E-state index contributed by atoms with van der Waals surface area (Å²) in [6.45, 7) is 1.99. The number of aromatic hydroxyl groups is 1. The van der Waals surface area contributed by atoms with Crippen molar-refractivity contribution in [1.82, 2.24) is 0 Å². The zero-order chi connectivity index (χ0) is 20.7. The summed E-state index contributed by atoms with van der Waals surface area (Å²) < 4.78 is 11.5. The van der Waals surface area contributed by atoms with Gasteiger partial charge in [0, 0.05) is 24.3 Å². The van der Waals surface area contributed by atoms with Gasteiger partial charge in [0.25, 0.3) is 0 Å². The first-order chi connectivity index (χ1) is 13.5. The zero-order valence-electron chi connectivity index (χ0n) is 16.7. The molecular formula is C22H31NO5. The zero-order valence-corrected chi connectivity index (χ0v) is 16.7. The predicted molar refractivity (Wildman–Crippen MR) is 109 cm³/mol. The van der Waals surface area contributed by atoms with Crippen molar-refractivity contribution in [3.05, 3.63) is 59.2 Å². The van der Waals surface area contributed by atoms with Gasteiger partial charge in [0.05, 0.1) is 32.0 Å². The van der Waals surface area contributed by atoms with Crippen molar-refractivity contribution in [2.45, 2.75) is 44.0 Å². The van der Waals surface area contributed by atoms with Crippen molar-refractivity contribution in [2.24, 2.45) is 5.73 Å². The highest BCUT2D eigenvalue weighted by Crippen LogP contribution is 2.37. The van der Waals surface area contributed by atoms with E-state index in [1.165, 1.54) is 7.05 Å². The number of hydrogen-bond acceptors (Lipinski definition) is 6. The fourth-order valence-electron chi connectivity index (χ4n) is 3.56. The fourth-order valence-corrected chi connectivity index (χ4v) is 3.56. The number of ether oxygens (including phenoxy) is 2. The molecule has 0 amide bonds. The molecule has 0 saturated carbocycles. The summed E-state index contributed by atoms with van der Waals surface area (Å²) in [6, 6.07) is 13.1. The van der Waals surface area contributed by atoms with E-state index >= 15 is 0 Å². The van der Waals surface area contributed by atoms with Crippen molar-refractivity contribution < 1.29 is 24.8 Å². The topological polar surface area (TPSA) is 105 Å². The van der Waals surface area contributed by atoms with Crippen molar-refractivity contribution in [2.75, 3.05) is 20.8 Å². The van der Waals surface area contributed by atoms with Gasteiger partial charge in [-0.25, -0.2) is 0 Å². The molecule has 3 rings (SSSR count). The van der Waals surface area contributed by atoms with Crippen LogP contribution in [0.1, 0.15) is 48.5 Å². The van der Waals surface area contributed by atoms with E-state index in [1.54, 1.807) is 19.2 Å². The van der Waals surface area contributed by atoms with Gasteiger partial charge >= 0.3 is 0 Å². The maximum atomic E-state index is 10.1. The summed E-state index contributed by atoms with van der Waals surface area (Å²) >= 11 is 0. The second-order valence-corrected chi connectivity index (χ2v) is 6.87. The van der Waals surface area contributed by atoms with Crippen LogP contribution in [0.4, 0.5) is 0 Å². The molecule has 1 heterocycles. The summed E-state index contributed by atoms with van der Waals surface area (Å²) in [5, 5.41) is 29.0. The van der Waals surface area contributed by atoms with E-state index in [-0.39, 0.29) is 30.5 Å². The van der Waals surface area contributed by atoms with E-state index in [0.29, 0.717) is 12.8 Å². The first kappa shape index (κ1) is 22.2. The standard InChI is InChI=1S/C21H26O5.CH5N/c1-13(14-3-6-16(23)7-4-14)19-9-15(5-8-20(19)25-2)21-11-17(24)10-18(12-22)26-21;1-2/h3-9,13,17-18,21-24H,10-12H2,1-2H3;2H2,1H3. The molecule has 1 fully saturated rings. The Bertz CT molecular complexity index is 734. The third-order valence-corrected chi connectivity index (χ3v) is 5.07. The maximum Gasteiger partial charge on any atom is 0.122 e. The lowest BCUT2D eigenvalue weighted by Crippen LogP contribution is -2.33. The number of aliphatic hydroxyl groups is 2. The summed E-state index contributed by atoms with van der Waals surface area (Å²) in [5.74, 6) is 1.08. The Hall–Kier alpha value is -2.12. The lowest BCUT2D eigenvalue weighted by atomic mass is 9.88. The maximum absolute atomic E-state index is 10.1. The molecule has 154 valence electrons. The average Bonchev–Trinajstić information content (AvgIpc) is 2.74. The Morgan fingerprint density at radius 3 is 2.43 bits per heavy atom.